The van der Waals surface area contributed by atoms with Crippen LogP contribution in [0.4, 0.5) is 10.5 Å². The average molecular weight is 479 g/mol. The number of amides is 3. The molecule has 1 aliphatic heterocycles. The van der Waals surface area contributed by atoms with Crippen LogP contribution in [0.5, 0.6) is 0 Å². The minimum atomic E-state index is -0.856. The third-order valence-electron chi connectivity index (χ3n) is 5.74. The van der Waals surface area contributed by atoms with E-state index in [9.17, 15) is 14.4 Å². The van der Waals surface area contributed by atoms with Gasteiger partial charge in [-0.1, -0.05) is 37.3 Å². The molecule has 0 atom stereocenters. The summed E-state index contributed by atoms with van der Waals surface area (Å²) in [6.07, 6.45) is 1.20. The molecular formula is C25H30N6O4. The number of nitrogens with zero attached hydrogens (tertiary/aromatic N) is 4. The van der Waals surface area contributed by atoms with Crippen molar-refractivity contribution >= 4 is 23.6 Å². The van der Waals surface area contributed by atoms with E-state index in [-0.39, 0.29) is 17.5 Å². The Balaban J connectivity index is 0.000000623. The Kier molecular flexibility index (Phi) is 8.55. The summed E-state index contributed by atoms with van der Waals surface area (Å²) in [6.45, 7) is 4.58. The molecule has 0 bridgehead atoms. The van der Waals surface area contributed by atoms with Crippen LogP contribution in [0.25, 0.3) is 5.69 Å². The summed E-state index contributed by atoms with van der Waals surface area (Å²) >= 11 is 0. The molecule has 3 aromatic rings. The minimum absolute atomic E-state index is 0.245. The first-order valence-corrected chi connectivity index (χ1v) is 11.4. The number of nitrogens with one attached hydrogen (secondary N) is 1. The van der Waals surface area contributed by atoms with Crippen LogP contribution in [0, 0.1) is 6.92 Å². The second-order valence-electron chi connectivity index (χ2n) is 8.20. The number of benzene rings is 2. The number of nitrogens with two attached hydrogens (primary N) is 1. The number of primary amides is 1. The first-order valence-electron chi connectivity index (χ1n) is 11.4. The Morgan fingerprint density at radius 1 is 1.03 bits per heavy atom. The largest absolute Gasteiger partial charge is 0.465 e. The minimum Gasteiger partial charge on any atom is -0.465 e. The maximum atomic E-state index is 12.7. The predicted molar refractivity (Wildman–Crippen MR) is 132 cm³/mol. The lowest BCUT2D eigenvalue weighted by Gasteiger charge is -2.30. The van der Waals surface area contributed by atoms with Gasteiger partial charge in [-0.2, -0.15) is 9.90 Å². The van der Waals surface area contributed by atoms with E-state index in [4.69, 9.17) is 5.11 Å². The van der Waals surface area contributed by atoms with Crippen LogP contribution >= 0.6 is 0 Å². The van der Waals surface area contributed by atoms with Gasteiger partial charge >= 0.3 is 6.09 Å². The number of carbonyl (C=O) groups is 3. The summed E-state index contributed by atoms with van der Waals surface area (Å²) in [4.78, 5) is 36.2. The highest BCUT2D eigenvalue weighted by atomic mass is 16.4. The Hall–Kier alpha value is -4.21. The maximum absolute atomic E-state index is 12.7. The number of carboxylic acid groups (broad SMARTS) is 1. The fourth-order valence-corrected chi connectivity index (χ4v) is 3.70. The van der Waals surface area contributed by atoms with Crippen molar-refractivity contribution in [2.24, 2.45) is 5.73 Å². The van der Waals surface area contributed by atoms with Gasteiger partial charge in [0.2, 0.25) is 5.91 Å². The SMILES string of the molecule is CCC(N)=O.Cc1nn(-c2ccccc2)nc1C(=O)Nc1ccc(C2CCN(C(=O)O)CC2)cc1. The first kappa shape index (κ1) is 25.4. The van der Waals surface area contributed by atoms with Crippen molar-refractivity contribution < 1.29 is 19.5 Å². The Morgan fingerprint density at radius 3 is 2.17 bits per heavy atom. The molecule has 0 aliphatic carbocycles. The molecule has 35 heavy (non-hydrogen) atoms. The third kappa shape index (κ3) is 6.89. The summed E-state index contributed by atoms with van der Waals surface area (Å²) in [5, 5.41) is 20.6. The van der Waals surface area contributed by atoms with Crippen LogP contribution in [0.2, 0.25) is 0 Å². The zero-order valence-electron chi connectivity index (χ0n) is 19.8. The van der Waals surface area contributed by atoms with Crippen molar-refractivity contribution in [2.75, 3.05) is 18.4 Å². The third-order valence-corrected chi connectivity index (χ3v) is 5.74. The molecule has 10 nitrogen and oxygen atoms in total. The number of piperidine rings is 1. The first-order chi connectivity index (χ1) is 16.8. The van der Waals surface area contributed by atoms with Gasteiger partial charge in [-0.05, 0) is 55.5 Å². The molecule has 0 saturated carbocycles. The van der Waals surface area contributed by atoms with Crippen LogP contribution in [-0.2, 0) is 4.79 Å². The molecule has 1 fully saturated rings. The summed E-state index contributed by atoms with van der Waals surface area (Å²) in [7, 11) is 0. The molecule has 2 heterocycles. The van der Waals surface area contributed by atoms with E-state index in [0.29, 0.717) is 36.8 Å². The molecule has 184 valence electrons. The van der Waals surface area contributed by atoms with Crippen LogP contribution in [0.1, 0.15) is 53.8 Å². The molecular weight excluding hydrogens is 448 g/mol. The molecule has 4 N–H and O–H groups in total. The molecule has 1 saturated heterocycles. The van der Waals surface area contributed by atoms with E-state index in [1.807, 2.05) is 54.6 Å². The number of para-hydroxylation sites is 1. The van der Waals surface area contributed by atoms with Crippen LogP contribution in [-0.4, -0.2) is 56.0 Å². The fourth-order valence-electron chi connectivity index (χ4n) is 3.70. The highest BCUT2D eigenvalue weighted by molar-refractivity contribution is 6.03. The number of hydrogen-bond donors (Lipinski definition) is 3. The molecule has 4 rings (SSSR count). The van der Waals surface area contributed by atoms with Crippen LogP contribution in [0.3, 0.4) is 0 Å². The number of rotatable bonds is 5. The molecule has 10 heteroatoms. The molecule has 0 spiro atoms. The number of anilines is 1. The van der Waals surface area contributed by atoms with E-state index in [1.165, 1.54) is 9.70 Å². The van der Waals surface area contributed by atoms with Crippen molar-refractivity contribution in [2.45, 2.75) is 39.0 Å². The van der Waals surface area contributed by atoms with Crippen molar-refractivity contribution in [3.8, 4) is 5.69 Å². The van der Waals surface area contributed by atoms with Crippen molar-refractivity contribution in [1.82, 2.24) is 19.9 Å². The van der Waals surface area contributed by atoms with Crippen molar-refractivity contribution in [3.05, 3.63) is 71.5 Å². The van der Waals surface area contributed by atoms with E-state index >= 15 is 0 Å². The zero-order chi connectivity index (χ0) is 25.4. The van der Waals surface area contributed by atoms with Gasteiger partial charge in [0.05, 0.1) is 11.4 Å². The highest BCUT2D eigenvalue weighted by Gasteiger charge is 2.23. The lowest BCUT2D eigenvalue weighted by molar-refractivity contribution is -0.117. The average Bonchev–Trinajstić information content (AvgIpc) is 3.27. The van der Waals surface area contributed by atoms with E-state index in [1.54, 1.807) is 13.8 Å². The standard InChI is InChI=1S/C22H23N5O3.C3H7NO/c1-15-20(25-27(24-15)19-5-3-2-4-6-19)21(28)23-18-9-7-16(8-10-18)17-11-13-26(14-12-17)22(29)30;1-2-3(4)5/h2-10,17H,11-14H2,1H3,(H,23,28)(H,29,30);2H2,1H3,(H2,4,5). The van der Waals surface area contributed by atoms with Gasteiger partial charge < -0.3 is 21.1 Å². The second kappa shape index (κ2) is 11.8. The lowest BCUT2D eigenvalue weighted by atomic mass is 9.89. The summed E-state index contributed by atoms with van der Waals surface area (Å²) in [6, 6.07) is 17.2. The second-order valence-corrected chi connectivity index (χ2v) is 8.20. The van der Waals surface area contributed by atoms with E-state index in [0.717, 1.165) is 24.1 Å². The van der Waals surface area contributed by atoms with Gasteiger partial charge in [0, 0.05) is 25.2 Å². The Bertz CT molecular complexity index is 1150. The maximum Gasteiger partial charge on any atom is 0.407 e. The number of aryl methyl sites for hydroxylation is 1. The highest BCUT2D eigenvalue weighted by Crippen LogP contribution is 2.29. The number of likely N-dealkylation sites (tertiary alicyclic amines) is 1. The number of carbonyl (C=O) groups excluding carboxylic acids is 2. The summed E-state index contributed by atoms with van der Waals surface area (Å²) in [5.41, 5.74) is 8.12. The van der Waals surface area contributed by atoms with Crippen LogP contribution < -0.4 is 11.1 Å². The quantitative estimate of drug-likeness (QED) is 0.511. The molecule has 1 aliphatic rings. The van der Waals surface area contributed by atoms with E-state index in [2.05, 4.69) is 21.2 Å². The van der Waals surface area contributed by atoms with Gasteiger partial charge in [-0.3, -0.25) is 9.59 Å². The van der Waals surface area contributed by atoms with Gasteiger partial charge in [-0.25, -0.2) is 4.79 Å². The molecule has 0 radical (unpaired) electrons. The van der Waals surface area contributed by atoms with E-state index < -0.39 is 6.09 Å². The van der Waals surface area contributed by atoms with Crippen molar-refractivity contribution in [3.63, 3.8) is 0 Å². The summed E-state index contributed by atoms with van der Waals surface area (Å²) < 4.78 is 0. The van der Waals surface area contributed by atoms with Gasteiger partial charge in [0.15, 0.2) is 5.69 Å². The fraction of sp³-hybridized carbons (Fsp3) is 0.320. The molecule has 3 amide bonds. The Morgan fingerprint density at radius 2 is 1.63 bits per heavy atom. The summed E-state index contributed by atoms with van der Waals surface area (Å²) in [5.74, 6) is -0.222. The molecule has 2 aromatic carbocycles. The molecule has 0 unspecified atom stereocenters. The normalized spacial score (nSPS) is 13.5. The Labute approximate surface area is 203 Å². The molecule has 1 aromatic heterocycles. The topological polar surface area (TPSA) is 143 Å². The zero-order valence-corrected chi connectivity index (χ0v) is 19.8. The predicted octanol–water partition coefficient (Wildman–Crippen LogP) is 3.57. The lowest BCUT2D eigenvalue weighted by Crippen LogP contribution is -2.36. The van der Waals surface area contributed by atoms with Gasteiger partial charge in [0.25, 0.3) is 5.91 Å². The number of hydrogen-bond acceptors (Lipinski definition) is 5. The monoisotopic (exact) mass is 478 g/mol. The van der Waals surface area contributed by atoms with Gasteiger partial charge in [0.1, 0.15) is 0 Å². The van der Waals surface area contributed by atoms with Gasteiger partial charge in [-0.15, -0.1) is 5.10 Å². The van der Waals surface area contributed by atoms with Crippen molar-refractivity contribution in [1.29, 1.82) is 0 Å². The number of aromatic nitrogens is 3. The van der Waals surface area contributed by atoms with Crippen LogP contribution in [0.15, 0.2) is 54.6 Å². The smallest absolute Gasteiger partial charge is 0.407 e.